The van der Waals surface area contributed by atoms with Crippen molar-refractivity contribution in [3.8, 4) is 0 Å². The maximum absolute atomic E-state index is 13.4. The van der Waals surface area contributed by atoms with Crippen molar-refractivity contribution in [2.24, 2.45) is 4.99 Å². The van der Waals surface area contributed by atoms with E-state index in [0.29, 0.717) is 73.2 Å². The molecule has 36 heavy (non-hydrogen) atoms. The number of allylic oxidation sites excluding steroid dienone is 4. The van der Waals surface area contributed by atoms with Gasteiger partial charge in [0.2, 0.25) is 0 Å². The van der Waals surface area contributed by atoms with E-state index in [1.165, 1.54) is 11.1 Å². The molecule has 4 heterocycles. The number of ether oxygens (including phenoxy) is 2. The molecular formula is C25H25F2N5O4. The summed E-state index contributed by atoms with van der Waals surface area (Å²) in [5.74, 6) is -0.0107. The molecule has 0 radical (unpaired) electrons. The quantitative estimate of drug-likeness (QED) is 0.589. The number of anilines is 1. The van der Waals surface area contributed by atoms with Gasteiger partial charge in [0.05, 0.1) is 55.2 Å². The Hall–Kier alpha value is -3.91. The number of H-pyrrole nitrogens is 1. The lowest BCUT2D eigenvalue weighted by atomic mass is 9.99. The van der Waals surface area contributed by atoms with Gasteiger partial charge in [0, 0.05) is 30.9 Å². The van der Waals surface area contributed by atoms with Gasteiger partial charge in [0.15, 0.2) is 5.78 Å². The van der Waals surface area contributed by atoms with Gasteiger partial charge in [-0.15, -0.1) is 0 Å². The zero-order chi connectivity index (χ0) is 25.1. The molecule has 188 valence electrons. The van der Waals surface area contributed by atoms with Crippen molar-refractivity contribution in [2.45, 2.75) is 19.4 Å². The Labute approximate surface area is 206 Å². The summed E-state index contributed by atoms with van der Waals surface area (Å²) in [6, 6.07) is -0.223. The summed E-state index contributed by atoms with van der Waals surface area (Å²) >= 11 is 0. The van der Waals surface area contributed by atoms with E-state index in [0.717, 1.165) is 0 Å². The molecular weight excluding hydrogens is 472 g/mol. The minimum absolute atomic E-state index is 0.0744. The Bertz CT molecular complexity index is 1260. The molecule has 0 atom stereocenters. The zero-order valence-electron chi connectivity index (χ0n) is 19.5. The van der Waals surface area contributed by atoms with Crippen LogP contribution >= 0.6 is 0 Å². The van der Waals surface area contributed by atoms with E-state index in [9.17, 15) is 18.4 Å². The van der Waals surface area contributed by atoms with Crippen molar-refractivity contribution in [3.63, 3.8) is 0 Å². The molecule has 3 aliphatic heterocycles. The number of rotatable bonds is 6. The highest BCUT2D eigenvalue weighted by Crippen LogP contribution is 2.38. The minimum Gasteiger partial charge on any atom is -0.486 e. The Morgan fingerprint density at radius 1 is 1.28 bits per heavy atom. The summed E-state index contributed by atoms with van der Waals surface area (Å²) in [5, 5.41) is 3.25. The fraction of sp³-hybridized carbons (Fsp3) is 0.400. The van der Waals surface area contributed by atoms with Crippen LogP contribution in [0.1, 0.15) is 28.2 Å². The largest absolute Gasteiger partial charge is 0.486 e. The van der Waals surface area contributed by atoms with Crippen molar-refractivity contribution in [2.75, 3.05) is 51.3 Å². The van der Waals surface area contributed by atoms with Crippen molar-refractivity contribution in [1.82, 2.24) is 14.8 Å². The van der Waals surface area contributed by atoms with E-state index in [1.807, 2.05) is 0 Å². The number of hydrogen-bond acceptors (Lipinski definition) is 6. The monoisotopic (exact) mass is 497 g/mol. The molecule has 0 aromatic carbocycles. The van der Waals surface area contributed by atoms with Crippen LogP contribution in [0.3, 0.4) is 0 Å². The second kappa shape index (κ2) is 10.4. The van der Waals surface area contributed by atoms with Gasteiger partial charge >= 0.3 is 6.03 Å². The van der Waals surface area contributed by atoms with Gasteiger partial charge in [-0.1, -0.05) is 11.8 Å². The summed E-state index contributed by atoms with van der Waals surface area (Å²) < 4.78 is 36.5. The second-order valence-corrected chi connectivity index (χ2v) is 8.55. The van der Waals surface area contributed by atoms with Gasteiger partial charge in [-0.3, -0.25) is 9.79 Å². The van der Waals surface area contributed by atoms with Gasteiger partial charge in [-0.05, 0) is 24.3 Å². The fourth-order valence-corrected chi connectivity index (χ4v) is 4.53. The predicted octanol–water partition coefficient (Wildman–Crippen LogP) is 3.11. The van der Waals surface area contributed by atoms with Crippen LogP contribution in [0.25, 0.3) is 5.57 Å². The van der Waals surface area contributed by atoms with E-state index in [4.69, 9.17) is 9.47 Å². The van der Waals surface area contributed by atoms with E-state index >= 15 is 0 Å². The number of dihydropyridines is 1. The molecule has 1 aliphatic carbocycles. The van der Waals surface area contributed by atoms with Crippen molar-refractivity contribution >= 4 is 29.3 Å². The van der Waals surface area contributed by atoms with Gasteiger partial charge < -0.3 is 29.6 Å². The lowest BCUT2D eigenvalue weighted by Crippen LogP contribution is -2.50. The molecule has 1 saturated heterocycles. The smallest absolute Gasteiger partial charge is 0.320 e. The first-order chi connectivity index (χ1) is 17.5. The number of aliphatic imine (C=N–C) groups is 1. The summed E-state index contributed by atoms with van der Waals surface area (Å²) in [7, 11) is 0. The third-order valence-electron chi connectivity index (χ3n) is 6.16. The number of urea groups is 1. The molecule has 5 rings (SSSR count). The maximum atomic E-state index is 13.4. The van der Waals surface area contributed by atoms with Crippen LogP contribution in [0.2, 0.25) is 0 Å². The van der Waals surface area contributed by atoms with Crippen LogP contribution in [0.5, 0.6) is 0 Å². The standard InChI is InChI=1S/C25H25F2N5O4/c26-21(27)15-36-20-12-28-7-6-17(20)23-24(29-16-4-2-1-3-5-16)22-18(30-23)13-32(14-19(22)33)25(34)31-8-10-35-11-9-31/h1-2,4,12,21,29-30H,6-11,13-15H2. The molecule has 1 fully saturated rings. The summed E-state index contributed by atoms with van der Waals surface area (Å²) in [4.78, 5) is 37.1. The van der Waals surface area contributed by atoms with Crippen LogP contribution in [0.4, 0.5) is 19.3 Å². The summed E-state index contributed by atoms with van der Waals surface area (Å²) in [6.07, 6.45) is 4.49. The number of nitrogens with one attached hydrogen (secondary N) is 2. The van der Waals surface area contributed by atoms with Crippen LogP contribution < -0.4 is 5.32 Å². The Morgan fingerprint density at radius 2 is 2.11 bits per heavy atom. The van der Waals surface area contributed by atoms with Crippen molar-refractivity contribution < 1.29 is 27.8 Å². The van der Waals surface area contributed by atoms with Crippen molar-refractivity contribution in [3.05, 3.63) is 58.1 Å². The number of nitrogens with zero attached hydrogens (tertiary/aromatic N) is 3. The number of hydrogen-bond donors (Lipinski definition) is 2. The summed E-state index contributed by atoms with van der Waals surface area (Å²) in [5.41, 5.74) is 9.07. The van der Waals surface area contributed by atoms with Crippen LogP contribution in [-0.4, -0.2) is 85.2 Å². The number of aromatic amines is 1. The predicted molar refractivity (Wildman–Crippen MR) is 128 cm³/mol. The average Bonchev–Trinajstić information content (AvgIpc) is 3.26. The molecule has 1 aromatic rings. The lowest BCUT2D eigenvalue weighted by Gasteiger charge is -2.34. The number of carbonyl (C=O) groups excluding carboxylic acids is 2. The Morgan fingerprint density at radius 3 is 2.86 bits per heavy atom. The molecule has 0 bridgehead atoms. The number of amides is 2. The van der Waals surface area contributed by atoms with Crippen LogP contribution in [0, 0.1) is 0 Å². The third-order valence-corrected chi connectivity index (χ3v) is 6.16. The molecule has 11 heteroatoms. The van der Waals surface area contributed by atoms with Crippen molar-refractivity contribution in [1.29, 1.82) is 0 Å². The molecule has 1 aromatic heterocycles. The highest BCUT2D eigenvalue weighted by atomic mass is 19.3. The fourth-order valence-electron chi connectivity index (χ4n) is 4.53. The Balaban J connectivity index is 1.54. The van der Waals surface area contributed by atoms with E-state index in [-0.39, 0.29) is 30.7 Å². The zero-order valence-corrected chi connectivity index (χ0v) is 19.5. The molecule has 0 unspecified atom stereocenters. The summed E-state index contributed by atoms with van der Waals surface area (Å²) in [6.45, 7) is 1.66. The highest BCUT2D eigenvalue weighted by Gasteiger charge is 2.35. The first kappa shape index (κ1) is 23.8. The van der Waals surface area contributed by atoms with Gasteiger partial charge in [0.25, 0.3) is 6.43 Å². The van der Waals surface area contributed by atoms with Crippen LogP contribution in [0.15, 0.2) is 46.1 Å². The molecule has 9 nitrogen and oxygen atoms in total. The van der Waals surface area contributed by atoms with Gasteiger partial charge in [-0.2, -0.15) is 0 Å². The maximum Gasteiger partial charge on any atom is 0.320 e. The molecule has 2 amide bonds. The third kappa shape index (κ3) is 4.90. The molecule has 2 N–H and O–H groups in total. The van der Waals surface area contributed by atoms with Crippen LogP contribution in [-0.2, 0) is 16.0 Å². The van der Waals surface area contributed by atoms with Gasteiger partial charge in [0.1, 0.15) is 12.4 Å². The highest BCUT2D eigenvalue weighted by molar-refractivity contribution is 6.09. The first-order valence-electron chi connectivity index (χ1n) is 11.7. The van der Waals surface area contributed by atoms with E-state index < -0.39 is 13.0 Å². The number of morpholine rings is 1. The normalized spacial score (nSPS) is 19.2. The number of alkyl halides is 2. The number of Topliss-reactive ketones (excluding diaryl/α,β-unsaturated/α-hetero) is 1. The topological polar surface area (TPSA) is 99.3 Å². The minimum atomic E-state index is -2.64. The van der Waals surface area contributed by atoms with E-state index in [1.54, 1.807) is 23.1 Å². The lowest BCUT2D eigenvalue weighted by molar-refractivity contribution is 0.0415. The van der Waals surface area contributed by atoms with Gasteiger partial charge in [-0.25, -0.2) is 13.6 Å². The number of ketones is 1. The number of carbonyl (C=O) groups is 2. The number of halogens is 2. The molecule has 0 spiro atoms. The Kier molecular flexibility index (Phi) is 6.86. The van der Waals surface area contributed by atoms with E-state index in [2.05, 4.69) is 26.8 Å². The molecule has 0 saturated carbocycles. The first-order valence-corrected chi connectivity index (χ1v) is 11.7. The molecule has 4 aliphatic rings. The number of aromatic nitrogens is 1. The number of fused-ring (bicyclic) bond motifs is 1. The average molecular weight is 498 g/mol. The SMILES string of the molecule is O=C1CN(C(=O)N2CCOCC2)Cc2[nH]c(C3=C(OCC(F)F)C=NCC3)c(NC3=C=C=CC=C3)c21. The second-order valence-electron chi connectivity index (χ2n) is 8.55.